The van der Waals surface area contributed by atoms with E-state index in [1.165, 1.54) is 0 Å². The van der Waals surface area contributed by atoms with Crippen molar-refractivity contribution in [1.82, 2.24) is 5.32 Å². The number of carbonyl (C=O) groups excluding carboxylic acids is 1. The van der Waals surface area contributed by atoms with Crippen LogP contribution in [-0.4, -0.2) is 23.7 Å². The third kappa shape index (κ3) is 6.11. The Morgan fingerprint density at radius 2 is 1.94 bits per heavy atom. The molecule has 2 N–H and O–H groups in total. The third-order valence-corrected chi connectivity index (χ3v) is 3.31. The number of hydrogen-bond donors (Lipinski definition) is 2. The summed E-state index contributed by atoms with van der Waals surface area (Å²) in [6, 6.07) is 0.115. The Balaban J connectivity index is 4.07. The molecule has 16 heavy (non-hydrogen) atoms. The Hall–Kier alpha value is -0.570. The van der Waals surface area contributed by atoms with Gasteiger partial charge in [-0.15, -0.1) is 0 Å². The van der Waals surface area contributed by atoms with Crippen LogP contribution in [0.15, 0.2) is 0 Å². The molecular formula is C13H27NO2. The Labute approximate surface area is 99.6 Å². The SMILES string of the molecule is CCC(CCO)NC(=O)CC(C)C(C)(C)C. The molecule has 0 heterocycles. The van der Waals surface area contributed by atoms with Gasteiger partial charge in [0.15, 0.2) is 0 Å². The molecule has 0 saturated heterocycles. The summed E-state index contributed by atoms with van der Waals surface area (Å²) in [7, 11) is 0. The Morgan fingerprint density at radius 1 is 1.38 bits per heavy atom. The summed E-state index contributed by atoms with van der Waals surface area (Å²) in [6.07, 6.45) is 2.08. The van der Waals surface area contributed by atoms with Gasteiger partial charge in [0.2, 0.25) is 5.91 Å². The Morgan fingerprint density at radius 3 is 2.31 bits per heavy atom. The van der Waals surface area contributed by atoms with Crippen molar-refractivity contribution in [3.05, 3.63) is 0 Å². The molecule has 2 unspecified atom stereocenters. The molecule has 96 valence electrons. The topological polar surface area (TPSA) is 49.3 Å². The molecule has 0 aliphatic rings. The van der Waals surface area contributed by atoms with E-state index in [2.05, 4.69) is 33.0 Å². The molecule has 1 amide bonds. The van der Waals surface area contributed by atoms with Gasteiger partial charge in [-0.3, -0.25) is 4.79 Å². The molecule has 2 atom stereocenters. The molecule has 0 radical (unpaired) electrons. The Kier molecular flexibility index (Phi) is 6.65. The van der Waals surface area contributed by atoms with Gasteiger partial charge in [0.25, 0.3) is 0 Å². The number of rotatable bonds is 6. The van der Waals surface area contributed by atoms with Crippen molar-refractivity contribution >= 4 is 5.91 Å². The lowest BCUT2D eigenvalue weighted by Gasteiger charge is -2.27. The van der Waals surface area contributed by atoms with E-state index in [1.54, 1.807) is 0 Å². The highest BCUT2D eigenvalue weighted by atomic mass is 16.3. The lowest BCUT2D eigenvalue weighted by molar-refractivity contribution is -0.123. The molecule has 0 aromatic carbocycles. The van der Waals surface area contributed by atoms with Gasteiger partial charge in [0.1, 0.15) is 0 Å². The second-order valence-electron chi connectivity index (χ2n) is 5.66. The van der Waals surface area contributed by atoms with Gasteiger partial charge in [-0.25, -0.2) is 0 Å². The van der Waals surface area contributed by atoms with Crippen LogP contribution in [0.4, 0.5) is 0 Å². The minimum absolute atomic E-state index is 0.0997. The number of aliphatic hydroxyl groups excluding tert-OH is 1. The van der Waals surface area contributed by atoms with Crippen molar-refractivity contribution in [1.29, 1.82) is 0 Å². The molecule has 0 aliphatic carbocycles. The fourth-order valence-electron chi connectivity index (χ4n) is 1.41. The molecule has 0 aromatic heterocycles. The van der Waals surface area contributed by atoms with Crippen molar-refractivity contribution < 1.29 is 9.90 Å². The molecule has 3 nitrogen and oxygen atoms in total. The number of carbonyl (C=O) groups is 1. The van der Waals surface area contributed by atoms with Crippen LogP contribution in [0.5, 0.6) is 0 Å². The first-order valence-electron chi connectivity index (χ1n) is 6.21. The number of hydrogen-bond acceptors (Lipinski definition) is 2. The van der Waals surface area contributed by atoms with Crippen LogP contribution in [0, 0.1) is 11.3 Å². The summed E-state index contributed by atoms with van der Waals surface area (Å²) in [6.45, 7) is 10.7. The van der Waals surface area contributed by atoms with Crippen molar-refractivity contribution in [2.75, 3.05) is 6.61 Å². The van der Waals surface area contributed by atoms with Gasteiger partial charge in [0.05, 0.1) is 0 Å². The van der Waals surface area contributed by atoms with Gasteiger partial charge < -0.3 is 10.4 Å². The molecule has 0 spiro atoms. The summed E-state index contributed by atoms with van der Waals surface area (Å²) >= 11 is 0. The van der Waals surface area contributed by atoms with Crippen molar-refractivity contribution in [2.45, 2.75) is 59.9 Å². The molecule has 0 saturated carbocycles. The highest BCUT2D eigenvalue weighted by Gasteiger charge is 2.23. The summed E-state index contributed by atoms with van der Waals surface area (Å²) < 4.78 is 0. The van der Waals surface area contributed by atoms with Crippen molar-refractivity contribution in [2.24, 2.45) is 11.3 Å². The fourth-order valence-corrected chi connectivity index (χ4v) is 1.41. The lowest BCUT2D eigenvalue weighted by atomic mass is 9.80. The summed E-state index contributed by atoms with van der Waals surface area (Å²) in [4.78, 5) is 11.8. The zero-order valence-corrected chi connectivity index (χ0v) is 11.3. The molecule has 0 rings (SSSR count). The van der Waals surface area contributed by atoms with Gasteiger partial charge >= 0.3 is 0 Å². The van der Waals surface area contributed by atoms with Crippen molar-refractivity contribution in [3.63, 3.8) is 0 Å². The predicted molar refractivity (Wildman–Crippen MR) is 67.2 cm³/mol. The van der Waals surface area contributed by atoms with Crippen LogP contribution in [0.1, 0.15) is 53.9 Å². The maximum atomic E-state index is 11.8. The van der Waals surface area contributed by atoms with E-state index in [0.717, 1.165) is 6.42 Å². The maximum Gasteiger partial charge on any atom is 0.220 e. The summed E-state index contributed by atoms with van der Waals surface area (Å²) in [5.74, 6) is 0.460. The van der Waals surface area contributed by atoms with Crippen LogP contribution in [0.25, 0.3) is 0 Å². The highest BCUT2D eigenvalue weighted by Crippen LogP contribution is 2.27. The monoisotopic (exact) mass is 229 g/mol. The summed E-state index contributed by atoms with van der Waals surface area (Å²) in [5.41, 5.74) is 0.163. The van der Waals surface area contributed by atoms with Crippen LogP contribution < -0.4 is 5.32 Å². The normalized spacial score (nSPS) is 15.6. The minimum Gasteiger partial charge on any atom is -0.396 e. The largest absolute Gasteiger partial charge is 0.396 e. The van der Waals surface area contributed by atoms with Crippen LogP contribution in [0.3, 0.4) is 0 Å². The second kappa shape index (κ2) is 6.89. The van der Waals surface area contributed by atoms with E-state index in [4.69, 9.17) is 5.11 Å². The van der Waals surface area contributed by atoms with Crippen LogP contribution >= 0.6 is 0 Å². The van der Waals surface area contributed by atoms with Crippen LogP contribution in [-0.2, 0) is 4.79 Å². The maximum absolute atomic E-state index is 11.8. The highest BCUT2D eigenvalue weighted by molar-refractivity contribution is 5.76. The van der Waals surface area contributed by atoms with E-state index in [-0.39, 0.29) is 24.0 Å². The number of amides is 1. The zero-order chi connectivity index (χ0) is 12.8. The van der Waals surface area contributed by atoms with Gasteiger partial charge in [-0.2, -0.15) is 0 Å². The van der Waals surface area contributed by atoms with Crippen LogP contribution in [0.2, 0.25) is 0 Å². The molecular weight excluding hydrogens is 202 g/mol. The quantitative estimate of drug-likeness (QED) is 0.734. The van der Waals surface area contributed by atoms with E-state index < -0.39 is 0 Å². The average Bonchev–Trinajstić information content (AvgIpc) is 2.15. The zero-order valence-electron chi connectivity index (χ0n) is 11.3. The molecule has 0 aromatic rings. The lowest BCUT2D eigenvalue weighted by Crippen LogP contribution is -2.37. The predicted octanol–water partition coefficient (Wildman–Crippen LogP) is 2.34. The van der Waals surface area contributed by atoms with Gasteiger partial charge in [-0.05, 0) is 24.2 Å². The first-order chi connectivity index (χ1) is 7.31. The fraction of sp³-hybridized carbons (Fsp3) is 0.923. The molecule has 0 fully saturated rings. The van der Waals surface area contributed by atoms with E-state index >= 15 is 0 Å². The minimum atomic E-state index is 0.0997. The van der Waals surface area contributed by atoms with Gasteiger partial charge in [0, 0.05) is 19.1 Å². The Bertz CT molecular complexity index is 208. The molecule has 3 heteroatoms. The van der Waals surface area contributed by atoms with E-state index in [1.807, 2.05) is 6.92 Å². The summed E-state index contributed by atoms with van der Waals surface area (Å²) in [5, 5.41) is 11.8. The first kappa shape index (κ1) is 15.4. The van der Waals surface area contributed by atoms with E-state index in [9.17, 15) is 4.79 Å². The molecule has 0 bridgehead atoms. The molecule has 0 aliphatic heterocycles. The standard InChI is InChI=1S/C13H27NO2/c1-6-11(7-8-15)14-12(16)9-10(2)13(3,4)5/h10-11,15H,6-9H2,1-5H3,(H,14,16). The average molecular weight is 229 g/mol. The van der Waals surface area contributed by atoms with E-state index in [0.29, 0.717) is 18.8 Å². The first-order valence-corrected chi connectivity index (χ1v) is 6.21. The number of nitrogens with one attached hydrogen (secondary N) is 1. The number of aliphatic hydroxyl groups is 1. The van der Waals surface area contributed by atoms with Gasteiger partial charge in [-0.1, -0.05) is 34.6 Å². The second-order valence-corrected chi connectivity index (χ2v) is 5.66. The third-order valence-electron chi connectivity index (χ3n) is 3.31. The smallest absolute Gasteiger partial charge is 0.220 e. The van der Waals surface area contributed by atoms with Crippen molar-refractivity contribution in [3.8, 4) is 0 Å².